The van der Waals surface area contributed by atoms with E-state index in [2.05, 4.69) is 15.5 Å². The third-order valence-corrected chi connectivity index (χ3v) is 3.92. The fraction of sp³-hybridized carbons (Fsp3) is 0.385. The van der Waals surface area contributed by atoms with Gasteiger partial charge in [0.25, 0.3) is 0 Å². The predicted molar refractivity (Wildman–Crippen MR) is 80.7 cm³/mol. The number of halogens is 2. The molecule has 2 heterocycles. The van der Waals surface area contributed by atoms with Crippen molar-refractivity contribution in [2.75, 3.05) is 0 Å². The van der Waals surface area contributed by atoms with Gasteiger partial charge in [0, 0.05) is 19.2 Å². The molecule has 0 fully saturated rings. The van der Waals surface area contributed by atoms with Gasteiger partial charge < -0.3 is 0 Å². The van der Waals surface area contributed by atoms with Crippen LogP contribution < -0.4 is 11.3 Å². The lowest BCUT2D eigenvalue weighted by atomic mass is 10.0. The van der Waals surface area contributed by atoms with Gasteiger partial charge in [0.2, 0.25) is 0 Å². The Kier molecular flexibility index (Phi) is 4.99. The maximum absolute atomic E-state index is 6.32. The third-order valence-electron chi connectivity index (χ3n) is 3.20. The third kappa shape index (κ3) is 3.12. The van der Waals surface area contributed by atoms with Crippen LogP contribution in [0.2, 0.25) is 10.2 Å². The van der Waals surface area contributed by atoms with Crippen LogP contribution in [0, 0.1) is 6.92 Å². The number of pyridine rings is 1. The summed E-state index contributed by atoms with van der Waals surface area (Å²) >= 11 is 12.1. The molecule has 20 heavy (non-hydrogen) atoms. The topological polar surface area (TPSA) is 68.8 Å². The van der Waals surface area contributed by atoms with E-state index in [1.807, 2.05) is 24.6 Å². The first-order valence-electron chi connectivity index (χ1n) is 6.36. The van der Waals surface area contributed by atoms with Crippen molar-refractivity contribution in [3.05, 3.63) is 45.5 Å². The van der Waals surface area contributed by atoms with Crippen molar-refractivity contribution < 1.29 is 0 Å². The quantitative estimate of drug-likeness (QED) is 0.506. The average Bonchev–Trinajstić information content (AvgIpc) is 2.73. The Morgan fingerprint density at radius 1 is 1.40 bits per heavy atom. The minimum absolute atomic E-state index is 0.0985. The van der Waals surface area contributed by atoms with E-state index in [1.165, 1.54) is 0 Å². The van der Waals surface area contributed by atoms with E-state index in [0.717, 1.165) is 23.5 Å². The molecule has 0 aliphatic rings. The van der Waals surface area contributed by atoms with Crippen molar-refractivity contribution in [3.8, 4) is 0 Å². The molecule has 0 aliphatic carbocycles. The number of nitrogens with one attached hydrogen (secondary N) is 1. The van der Waals surface area contributed by atoms with Crippen LogP contribution in [0.5, 0.6) is 0 Å². The number of aryl methyl sites for hydroxylation is 2. The van der Waals surface area contributed by atoms with E-state index in [1.54, 1.807) is 12.3 Å². The van der Waals surface area contributed by atoms with E-state index < -0.39 is 0 Å². The van der Waals surface area contributed by atoms with Crippen LogP contribution in [0.3, 0.4) is 0 Å². The van der Waals surface area contributed by atoms with E-state index in [4.69, 9.17) is 29.0 Å². The Labute approximate surface area is 128 Å². The highest BCUT2D eigenvalue weighted by atomic mass is 35.5. The molecule has 0 aromatic carbocycles. The second-order valence-electron chi connectivity index (χ2n) is 4.50. The van der Waals surface area contributed by atoms with Crippen molar-refractivity contribution in [3.63, 3.8) is 0 Å². The van der Waals surface area contributed by atoms with Gasteiger partial charge in [-0.05, 0) is 25.5 Å². The van der Waals surface area contributed by atoms with Gasteiger partial charge in [0.1, 0.15) is 5.15 Å². The lowest BCUT2D eigenvalue weighted by Crippen LogP contribution is -2.30. The van der Waals surface area contributed by atoms with Crippen LogP contribution in [0.1, 0.15) is 29.9 Å². The van der Waals surface area contributed by atoms with Crippen LogP contribution in [0.25, 0.3) is 0 Å². The molecule has 0 amide bonds. The first-order valence-corrected chi connectivity index (χ1v) is 7.11. The lowest BCUT2D eigenvalue weighted by molar-refractivity contribution is 0.516. The Bertz CT molecular complexity index is 579. The zero-order valence-corrected chi connectivity index (χ0v) is 12.9. The summed E-state index contributed by atoms with van der Waals surface area (Å²) in [4.78, 5) is 4.07. The summed E-state index contributed by atoms with van der Waals surface area (Å²) in [7, 11) is 0. The first kappa shape index (κ1) is 15.3. The molecule has 0 radical (unpaired) electrons. The van der Waals surface area contributed by atoms with Crippen molar-refractivity contribution in [2.45, 2.75) is 32.9 Å². The Balaban J connectivity index is 2.28. The Hall–Kier alpha value is -1.14. The molecule has 2 rings (SSSR count). The van der Waals surface area contributed by atoms with Gasteiger partial charge in [0.15, 0.2) is 0 Å². The molecule has 1 atom stereocenters. The number of hydrogen-bond donors (Lipinski definition) is 2. The molecule has 5 nitrogen and oxygen atoms in total. The molecular weight excluding hydrogens is 297 g/mol. The number of rotatable bonds is 5. The van der Waals surface area contributed by atoms with Crippen LogP contribution in [-0.2, 0) is 13.0 Å². The number of aromatic nitrogens is 3. The minimum Gasteiger partial charge on any atom is -0.271 e. The van der Waals surface area contributed by atoms with Gasteiger partial charge in [-0.3, -0.25) is 16.0 Å². The SMILES string of the molecule is CCn1nc(C)c(Cl)c1CC(NN)c1ccc(Cl)nc1. The second-order valence-corrected chi connectivity index (χ2v) is 5.26. The van der Waals surface area contributed by atoms with E-state index in [-0.39, 0.29) is 6.04 Å². The normalized spacial score (nSPS) is 12.7. The summed E-state index contributed by atoms with van der Waals surface area (Å²) < 4.78 is 1.89. The average molecular weight is 314 g/mol. The molecule has 2 aromatic heterocycles. The van der Waals surface area contributed by atoms with E-state index >= 15 is 0 Å². The van der Waals surface area contributed by atoms with Gasteiger partial charge in [-0.15, -0.1) is 0 Å². The molecule has 2 aromatic rings. The van der Waals surface area contributed by atoms with Crippen molar-refractivity contribution in [1.82, 2.24) is 20.2 Å². The fourth-order valence-electron chi connectivity index (χ4n) is 2.12. The molecule has 108 valence electrons. The molecule has 0 spiro atoms. The Morgan fingerprint density at radius 2 is 2.15 bits per heavy atom. The summed E-state index contributed by atoms with van der Waals surface area (Å²) in [6, 6.07) is 3.54. The monoisotopic (exact) mass is 313 g/mol. The molecule has 7 heteroatoms. The van der Waals surface area contributed by atoms with Crippen molar-refractivity contribution in [2.24, 2.45) is 5.84 Å². The van der Waals surface area contributed by atoms with Crippen LogP contribution >= 0.6 is 23.2 Å². The molecule has 1 unspecified atom stereocenters. The Morgan fingerprint density at radius 3 is 2.70 bits per heavy atom. The molecule has 0 saturated heterocycles. The number of nitrogens with zero attached hydrogens (tertiary/aromatic N) is 3. The highest BCUT2D eigenvalue weighted by molar-refractivity contribution is 6.31. The van der Waals surface area contributed by atoms with Crippen molar-refractivity contribution >= 4 is 23.2 Å². The second kappa shape index (κ2) is 6.54. The molecule has 0 saturated carbocycles. The molecule has 3 N–H and O–H groups in total. The number of hydrogen-bond acceptors (Lipinski definition) is 4. The van der Waals surface area contributed by atoms with Crippen LogP contribution in [0.15, 0.2) is 18.3 Å². The van der Waals surface area contributed by atoms with Crippen LogP contribution in [0.4, 0.5) is 0 Å². The van der Waals surface area contributed by atoms with Crippen LogP contribution in [-0.4, -0.2) is 14.8 Å². The van der Waals surface area contributed by atoms with Gasteiger partial charge in [-0.2, -0.15) is 5.10 Å². The predicted octanol–water partition coefficient (Wildman–Crippen LogP) is 2.66. The number of hydrazine groups is 1. The first-order chi connectivity index (χ1) is 9.56. The zero-order chi connectivity index (χ0) is 14.7. The lowest BCUT2D eigenvalue weighted by Gasteiger charge is -2.17. The zero-order valence-electron chi connectivity index (χ0n) is 11.4. The van der Waals surface area contributed by atoms with Crippen molar-refractivity contribution in [1.29, 1.82) is 0 Å². The van der Waals surface area contributed by atoms with E-state index in [0.29, 0.717) is 16.6 Å². The smallest absolute Gasteiger partial charge is 0.129 e. The summed E-state index contributed by atoms with van der Waals surface area (Å²) in [5, 5.41) is 5.55. The summed E-state index contributed by atoms with van der Waals surface area (Å²) in [5.41, 5.74) is 5.53. The maximum Gasteiger partial charge on any atom is 0.129 e. The van der Waals surface area contributed by atoms with Gasteiger partial charge in [-0.1, -0.05) is 29.3 Å². The highest BCUT2D eigenvalue weighted by Gasteiger charge is 2.18. The molecule has 0 aliphatic heterocycles. The molecule has 0 bridgehead atoms. The van der Waals surface area contributed by atoms with Gasteiger partial charge in [-0.25, -0.2) is 4.98 Å². The largest absolute Gasteiger partial charge is 0.271 e. The van der Waals surface area contributed by atoms with E-state index in [9.17, 15) is 0 Å². The van der Waals surface area contributed by atoms with Gasteiger partial charge in [0.05, 0.1) is 22.5 Å². The highest BCUT2D eigenvalue weighted by Crippen LogP contribution is 2.26. The summed E-state index contributed by atoms with van der Waals surface area (Å²) in [6.45, 7) is 4.69. The molecular formula is C13H17Cl2N5. The summed E-state index contributed by atoms with van der Waals surface area (Å²) in [6.07, 6.45) is 2.34. The fourth-order valence-corrected chi connectivity index (χ4v) is 2.45. The maximum atomic E-state index is 6.32. The minimum atomic E-state index is -0.0985. The van der Waals surface area contributed by atoms with Gasteiger partial charge >= 0.3 is 0 Å². The number of nitrogens with two attached hydrogens (primary N) is 1. The summed E-state index contributed by atoms with van der Waals surface area (Å²) in [5.74, 6) is 5.66. The standard InChI is InChI=1S/C13H17Cl2N5/c1-3-20-11(13(15)8(2)19-20)6-10(18-16)9-4-5-12(14)17-7-9/h4-5,7,10,18H,3,6,16H2,1-2H3.